The van der Waals surface area contributed by atoms with Gasteiger partial charge >= 0.3 is 0 Å². The van der Waals surface area contributed by atoms with E-state index in [1.54, 1.807) is 11.8 Å². The van der Waals surface area contributed by atoms with E-state index < -0.39 is 18.1 Å². The lowest BCUT2D eigenvalue weighted by Crippen LogP contribution is -2.52. The minimum atomic E-state index is -1.35. The van der Waals surface area contributed by atoms with E-state index in [0.29, 0.717) is 6.42 Å². The zero-order valence-electron chi connectivity index (χ0n) is 14.8. The van der Waals surface area contributed by atoms with Crippen LogP contribution in [0, 0.1) is 0 Å². The number of hydrogen-bond acceptors (Lipinski definition) is 5. The van der Waals surface area contributed by atoms with Crippen molar-refractivity contribution in [3.63, 3.8) is 0 Å². The fraction of sp³-hybridized carbons (Fsp3) is 0.368. The molecule has 0 saturated carbocycles. The third kappa shape index (κ3) is 6.01. The summed E-state index contributed by atoms with van der Waals surface area (Å²) < 4.78 is 0. The van der Waals surface area contributed by atoms with Crippen molar-refractivity contribution in [2.75, 3.05) is 11.5 Å². The molecule has 2 atom stereocenters. The Bertz CT molecular complexity index is 754. The molecule has 0 radical (unpaired) electrons. The summed E-state index contributed by atoms with van der Waals surface area (Å²) in [6.45, 7) is 2.03. The fourth-order valence-electron chi connectivity index (χ4n) is 2.50. The van der Waals surface area contributed by atoms with Gasteiger partial charge < -0.3 is 10.8 Å². The Morgan fingerprint density at radius 3 is 2.62 bits per heavy atom. The number of fused-ring (bicyclic) bond motifs is 1. The molecular weight excluding hydrogens is 350 g/mol. The predicted octanol–water partition coefficient (Wildman–Crippen LogP) is 1.36. The largest absolute Gasteiger partial charge is 0.382 e. The number of carbonyl (C=O) groups is 2. The molecule has 0 aliphatic carbocycles. The number of rotatable bonds is 8. The third-order valence-electron chi connectivity index (χ3n) is 3.98. The van der Waals surface area contributed by atoms with Gasteiger partial charge in [-0.25, -0.2) is 0 Å². The minimum Gasteiger partial charge on any atom is -0.382 e. The summed E-state index contributed by atoms with van der Waals surface area (Å²) in [5, 5.41) is 12.1. The van der Waals surface area contributed by atoms with Gasteiger partial charge in [0.15, 0.2) is 0 Å². The first kappa shape index (κ1) is 20.2. The van der Waals surface area contributed by atoms with Gasteiger partial charge in [-0.15, -0.1) is 0 Å². The highest BCUT2D eigenvalue weighted by Crippen LogP contribution is 2.15. The summed E-state index contributed by atoms with van der Waals surface area (Å²) in [5.74, 6) is 0.665. The second-order valence-electron chi connectivity index (χ2n) is 5.99. The van der Waals surface area contributed by atoms with Crippen LogP contribution in [0.5, 0.6) is 0 Å². The first-order valence-corrected chi connectivity index (χ1v) is 9.74. The molecule has 140 valence electrons. The van der Waals surface area contributed by atoms with Crippen molar-refractivity contribution in [1.29, 1.82) is 0 Å². The number of thioether (sulfide) groups is 1. The van der Waals surface area contributed by atoms with Crippen LogP contribution in [0.25, 0.3) is 10.8 Å². The van der Waals surface area contributed by atoms with Crippen LogP contribution < -0.4 is 16.6 Å². The van der Waals surface area contributed by atoms with E-state index >= 15 is 0 Å². The van der Waals surface area contributed by atoms with E-state index in [1.165, 1.54) is 0 Å². The number of aliphatic hydroxyl groups excluding tert-OH is 1. The smallest absolute Gasteiger partial charge is 0.268 e. The Morgan fingerprint density at radius 1 is 1.15 bits per heavy atom. The molecule has 1 unspecified atom stereocenters. The molecule has 0 fully saturated rings. The molecule has 0 spiro atoms. The summed E-state index contributed by atoms with van der Waals surface area (Å²) >= 11 is 1.69. The lowest BCUT2D eigenvalue weighted by atomic mass is 10.1. The molecule has 2 amide bonds. The standard InChI is InChI=1S/C19H25N3O3S/c1-2-26-10-9-16(20)18(24)19(25)22-21-17(23)12-13-7-8-14-5-3-4-6-15(14)11-13/h3-8,11,16,18,24H,2,9-10,12,20H2,1H3,(H,21,23)(H,22,25)/t16-,18?/m1/s1. The van der Waals surface area contributed by atoms with Crippen molar-refractivity contribution in [2.24, 2.45) is 5.73 Å². The summed E-state index contributed by atoms with van der Waals surface area (Å²) in [7, 11) is 0. The van der Waals surface area contributed by atoms with Crippen molar-refractivity contribution >= 4 is 34.3 Å². The van der Waals surface area contributed by atoms with Crippen LogP contribution in [0.3, 0.4) is 0 Å². The van der Waals surface area contributed by atoms with E-state index in [4.69, 9.17) is 5.73 Å². The van der Waals surface area contributed by atoms with Gasteiger partial charge in [0.05, 0.1) is 6.42 Å². The van der Waals surface area contributed by atoms with Crippen LogP contribution >= 0.6 is 11.8 Å². The molecule has 0 bridgehead atoms. The van der Waals surface area contributed by atoms with Gasteiger partial charge in [0.25, 0.3) is 5.91 Å². The number of benzene rings is 2. The van der Waals surface area contributed by atoms with Crippen LogP contribution in [0.4, 0.5) is 0 Å². The van der Waals surface area contributed by atoms with Gasteiger partial charge in [-0.05, 0) is 34.3 Å². The maximum absolute atomic E-state index is 12.0. The van der Waals surface area contributed by atoms with Crippen molar-refractivity contribution in [3.05, 3.63) is 48.0 Å². The van der Waals surface area contributed by atoms with E-state index in [-0.39, 0.29) is 12.3 Å². The number of nitrogens with two attached hydrogens (primary N) is 1. The lowest BCUT2D eigenvalue weighted by Gasteiger charge is -2.18. The molecule has 0 saturated heterocycles. The summed E-state index contributed by atoms with van der Waals surface area (Å²) in [4.78, 5) is 23.9. The molecule has 7 heteroatoms. The molecule has 0 aromatic heterocycles. The monoisotopic (exact) mass is 375 g/mol. The number of hydrazine groups is 1. The Morgan fingerprint density at radius 2 is 1.88 bits per heavy atom. The van der Waals surface area contributed by atoms with Gasteiger partial charge in [-0.3, -0.25) is 20.4 Å². The second kappa shape index (κ2) is 10.2. The zero-order chi connectivity index (χ0) is 18.9. The molecule has 0 heterocycles. The first-order valence-electron chi connectivity index (χ1n) is 8.59. The van der Waals surface area contributed by atoms with Crippen LogP contribution in [0.1, 0.15) is 18.9 Å². The average Bonchev–Trinajstić information content (AvgIpc) is 2.65. The summed E-state index contributed by atoms with van der Waals surface area (Å²) in [6.07, 6.45) is -0.702. The fourth-order valence-corrected chi connectivity index (χ4v) is 3.23. The molecule has 0 aliphatic rings. The third-order valence-corrected chi connectivity index (χ3v) is 4.91. The Balaban J connectivity index is 1.80. The van der Waals surface area contributed by atoms with Gasteiger partial charge in [0, 0.05) is 6.04 Å². The van der Waals surface area contributed by atoms with Crippen molar-refractivity contribution < 1.29 is 14.7 Å². The maximum Gasteiger partial charge on any atom is 0.268 e. The molecule has 26 heavy (non-hydrogen) atoms. The van der Waals surface area contributed by atoms with Crippen LogP contribution in [-0.2, 0) is 16.0 Å². The number of nitrogens with one attached hydrogen (secondary N) is 2. The molecule has 2 rings (SSSR count). The highest BCUT2D eigenvalue weighted by Gasteiger charge is 2.22. The molecule has 2 aromatic carbocycles. The van der Waals surface area contributed by atoms with Gasteiger partial charge in [-0.2, -0.15) is 11.8 Å². The number of hydrogen-bond donors (Lipinski definition) is 4. The average molecular weight is 375 g/mol. The van der Waals surface area contributed by atoms with Crippen LogP contribution in [-0.4, -0.2) is 40.6 Å². The minimum absolute atomic E-state index is 0.125. The van der Waals surface area contributed by atoms with Gasteiger partial charge in [0.2, 0.25) is 5.91 Å². The normalized spacial score (nSPS) is 13.2. The first-order chi connectivity index (χ1) is 12.5. The lowest BCUT2D eigenvalue weighted by molar-refractivity contribution is -0.134. The van der Waals surface area contributed by atoms with Crippen molar-refractivity contribution in [1.82, 2.24) is 10.9 Å². The topological polar surface area (TPSA) is 104 Å². The second-order valence-corrected chi connectivity index (χ2v) is 7.38. The summed E-state index contributed by atoms with van der Waals surface area (Å²) in [6, 6.07) is 13.0. The van der Waals surface area contributed by atoms with Gasteiger partial charge in [0.1, 0.15) is 6.10 Å². The van der Waals surface area contributed by atoms with Gasteiger partial charge in [-0.1, -0.05) is 49.4 Å². The Kier molecular flexibility index (Phi) is 7.90. The SMILES string of the molecule is CCSCC[C@@H](N)C(O)C(=O)NNC(=O)Cc1ccc2ccccc2c1. The molecule has 0 aliphatic heterocycles. The van der Waals surface area contributed by atoms with Crippen molar-refractivity contribution in [2.45, 2.75) is 31.9 Å². The van der Waals surface area contributed by atoms with E-state index in [2.05, 4.69) is 10.9 Å². The van der Waals surface area contributed by atoms with Crippen LogP contribution in [0.2, 0.25) is 0 Å². The highest BCUT2D eigenvalue weighted by molar-refractivity contribution is 7.99. The van der Waals surface area contributed by atoms with Crippen LogP contribution in [0.15, 0.2) is 42.5 Å². The maximum atomic E-state index is 12.0. The van der Waals surface area contributed by atoms with Crippen molar-refractivity contribution in [3.8, 4) is 0 Å². The number of aliphatic hydroxyl groups is 1. The summed E-state index contributed by atoms with van der Waals surface area (Å²) in [5.41, 5.74) is 11.2. The molecule has 2 aromatic rings. The molecular formula is C19H25N3O3S. The Labute approximate surface area is 157 Å². The molecule has 6 nitrogen and oxygen atoms in total. The quantitative estimate of drug-likeness (QED) is 0.412. The number of carbonyl (C=O) groups excluding carboxylic acids is 2. The Hall–Kier alpha value is -2.09. The molecule has 5 N–H and O–H groups in total. The zero-order valence-corrected chi connectivity index (χ0v) is 15.6. The van der Waals surface area contributed by atoms with E-state index in [1.807, 2.05) is 49.4 Å². The predicted molar refractivity (Wildman–Crippen MR) is 106 cm³/mol. The number of amides is 2. The van der Waals surface area contributed by atoms with E-state index in [0.717, 1.165) is 27.8 Å². The highest BCUT2D eigenvalue weighted by atomic mass is 32.2. The van der Waals surface area contributed by atoms with E-state index in [9.17, 15) is 14.7 Å².